The van der Waals surface area contributed by atoms with Gasteiger partial charge in [-0.25, -0.2) is 0 Å². The predicted molar refractivity (Wildman–Crippen MR) is 139 cm³/mol. The first-order valence-electron chi connectivity index (χ1n) is 11.5. The van der Waals surface area contributed by atoms with Crippen molar-refractivity contribution < 1.29 is 14.0 Å². The van der Waals surface area contributed by atoms with Gasteiger partial charge in [0, 0.05) is 16.8 Å². The van der Waals surface area contributed by atoms with Crippen LogP contribution in [0.25, 0.3) is 22.4 Å². The SMILES string of the molecule is Cc1cccc(-c2ccc(-c3ccc4c5c3Oc3ccccc3P5(=O)c3ccccc3O4)cc2)n1. The Balaban J connectivity index is 1.43. The van der Waals surface area contributed by atoms with Crippen LogP contribution in [0.5, 0.6) is 23.0 Å². The maximum Gasteiger partial charge on any atom is 0.185 e. The summed E-state index contributed by atoms with van der Waals surface area (Å²) in [5.74, 6) is 2.44. The zero-order valence-electron chi connectivity index (χ0n) is 18.9. The minimum Gasteiger partial charge on any atom is -0.456 e. The molecular formula is C30H20NO3P. The Morgan fingerprint density at radius 3 is 2.00 bits per heavy atom. The molecule has 3 heterocycles. The molecule has 4 aromatic carbocycles. The summed E-state index contributed by atoms with van der Waals surface area (Å²) < 4.78 is 27.7. The molecule has 5 heteroatoms. The van der Waals surface area contributed by atoms with E-state index in [1.807, 2.05) is 85.8 Å². The molecular weight excluding hydrogens is 453 g/mol. The van der Waals surface area contributed by atoms with Gasteiger partial charge in [-0.2, -0.15) is 0 Å². The van der Waals surface area contributed by atoms with Gasteiger partial charge in [-0.3, -0.25) is 4.98 Å². The highest BCUT2D eigenvalue weighted by molar-refractivity contribution is 7.86. The maximum absolute atomic E-state index is 15.0. The Labute approximate surface area is 203 Å². The second-order valence-corrected chi connectivity index (χ2v) is 11.4. The van der Waals surface area contributed by atoms with Crippen LogP contribution >= 0.6 is 7.14 Å². The summed E-state index contributed by atoms with van der Waals surface area (Å²) in [6, 6.07) is 33.4. The van der Waals surface area contributed by atoms with E-state index in [1.54, 1.807) is 0 Å². The molecule has 0 radical (unpaired) electrons. The van der Waals surface area contributed by atoms with Crippen LogP contribution in [-0.2, 0) is 4.57 Å². The van der Waals surface area contributed by atoms with Gasteiger partial charge in [-0.05, 0) is 61.0 Å². The van der Waals surface area contributed by atoms with Gasteiger partial charge in [0.2, 0.25) is 0 Å². The first-order valence-corrected chi connectivity index (χ1v) is 13.2. The number of pyridine rings is 1. The molecule has 0 fully saturated rings. The van der Waals surface area contributed by atoms with Crippen LogP contribution in [0, 0.1) is 6.92 Å². The number of fused-ring (bicyclic) bond motifs is 4. The maximum atomic E-state index is 15.0. The van der Waals surface area contributed by atoms with Gasteiger partial charge in [0.25, 0.3) is 0 Å². The molecule has 0 amide bonds. The normalized spacial score (nSPS) is 16.8. The monoisotopic (exact) mass is 473 g/mol. The fourth-order valence-electron chi connectivity index (χ4n) is 4.99. The lowest BCUT2D eigenvalue weighted by Gasteiger charge is -2.35. The van der Waals surface area contributed by atoms with Crippen LogP contribution in [0.3, 0.4) is 0 Å². The highest BCUT2D eigenvalue weighted by atomic mass is 31.2. The summed E-state index contributed by atoms with van der Waals surface area (Å²) in [4.78, 5) is 4.63. The van der Waals surface area contributed by atoms with Crippen molar-refractivity contribution in [2.24, 2.45) is 0 Å². The van der Waals surface area contributed by atoms with E-state index in [4.69, 9.17) is 9.47 Å². The van der Waals surface area contributed by atoms with Crippen molar-refractivity contribution in [3.8, 4) is 45.4 Å². The van der Waals surface area contributed by atoms with Crippen LogP contribution < -0.4 is 25.4 Å². The number of aromatic nitrogens is 1. The van der Waals surface area contributed by atoms with Gasteiger partial charge in [0.1, 0.15) is 28.3 Å². The molecule has 0 bridgehead atoms. The second kappa shape index (κ2) is 7.43. The lowest BCUT2D eigenvalue weighted by Crippen LogP contribution is -2.35. The van der Waals surface area contributed by atoms with Crippen molar-refractivity contribution in [3.63, 3.8) is 0 Å². The highest BCUT2D eigenvalue weighted by Crippen LogP contribution is 2.59. The largest absolute Gasteiger partial charge is 0.456 e. The highest BCUT2D eigenvalue weighted by Gasteiger charge is 2.46. The second-order valence-electron chi connectivity index (χ2n) is 8.78. The third kappa shape index (κ3) is 2.94. The van der Waals surface area contributed by atoms with Crippen LogP contribution in [0.2, 0.25) is 0 Å². The molecule has 0 spiro atoms. The number of hydrogen-bond donors (Lipinski definition) is 0. The molecule has 2 aliphatic heterocycles. The van der Waals surface area contributed by atoms with Gasteiger partial charge in [0.15, 0.2) is 7.14 Å². The van der Waals surface area contributed by atoms with Crippen LogP contribution in [0.4, 0.5) is 0 Å². The quantitative estimate of drug-likeness (QED) is 0.266. The van der Waals surface area contributed by atoms with Gasteiger partial charge in [-0.1, -0.05) is 54.6 Å². The Kier molecular flexibility index (Phi) is 4.30. The molecule has 1 atom stereocenters. The number of nitrogens with zero attached hydrogens (tertiary/aromatic N) is 1. The van der Waals surface area contributed by atoms with Crippen molar-refractivity contribution >= 4 is 23.1 Å². The first kappa shape index (κ1) is 20.3. The fourth-order valence-corrected chi connectivity index (χ4v) is 8.07. The lowest BCUT2D eigenvalue weighted by atomic mass is 10.0. The van der Waals surface area contributed by atoms with Crippen LogP contribution in [0.15, 0.2) is 103 Å². The van der Waals surface area contributed by atoms with Gasteiger partial charge < -0.3 is 14.0 Å². The van der Waals surface area contributed by atoms with E-state index in [-0.39, 0.29) is 0 Å². The minimum absolute atomic E-state index is 0.584. The third-order valence-electron chi connectivity index (χ3n) is 6.63. The van der Waals surface area contributed by atoms with Crippen molar-refractivity contribution in [3.05, 3.63) is 109 Å². The molecule has 1 aromatic heterocycles. The molecule has 0 N–H and O–H groups in total. The van der Waals surface area contributed by atoms with Crippen molar-refractivity contribution in [1.82, 2.24) is 4.98 Å². The van der Waals surface area contributed by atoms with E-state index in [2.05, 4.69) is 29.2 Å². The van der Waals surface area contributed by atoms with Crippen molar-refractivity contribution in [1.29, 1.82) is 0 Å². The predicted octanol–water partition coefficient (Wildman–Crippen LogP) is 6.57. The molecule has 0 saturated carbocycles. The molecule has 35 heavy (non-hydrogen) atoms. The first-order chi connectivity index (χ1) is 17.1. The Morgan fingerprint density at radius 2 is 1.29 bits per heavy atom. The lowest BCUT2D eigenvalue weighted by molar-refractivity contribution is 0.463. The average Bonchev–Trinajstić information content (AvgIpc) is 2.89. The zero-order chi connectivity index (χ0) is 23.6. The summed E-state index contributed by atoms with van der Waals surface area (Å²) in [7, 11) is -3.19. The third-order valence-corrected chi connectivity index (χ3v) is 9.78. The summed E-state index contributed by atoms with van der Waals surface area (Å²) >= 11 is 0. The number of hydrogen-bond acceptors (Lipinski definition) is 4. The summed E-state index contributed by atoms with van der Waals surface area (Å²) in [6.45, 7) is 1.99. The topological polar surface area (TPSA) is 48.4 Å². The molecule has 0 aliphatic carbocycles. The standard InChI is InChI=1S/C30H20NO3P/c1-19-7-6-8-23(31-19)21-15-13-20(14-16-21)22-17-18-26-30-29(22)34-25-10-3-5-12-28(25)35(30,32)27-11-4-2-9-24(27)33-26/h2-18H,1H3. The van der Waals surface area contributed by atoms with Crippen molar-refractivity contribution in [2.75, 3.05) is 0 Å². The smallest absolute Gasteiger partial charge is 0.185 e. The Morgan fingerprint density at radius 1 is 0.629 bits per heavy atom. The van der Waals surface area contributed by atoms with Gasteiger partial charge in [-0.15, -0.1) is 0 Å². The molecule has 7 rings (SSSR count). The molecule has 0 saturated heterocycles. The van der Waals surface area contributed by atoms with E-state index in [0.29, 0.717) is 38.9 Å². The Hall–Kier alpha value is -4.14. The van der Waals surface area contributed by atoms with E-state index >= 15 is 4.57 Å². The number of rotatable bonds is 2. The van der Waals surface area contributed by atoms with Gasteiger partial charge in [0.05, 0.1) is 16.3 Å². The molecule has 1 unspecified atom stereocenters. The molecule has 2 aliphatic rings. The zero-order valence-corrected chi connectivity index (χ0v) is 19.8. The van der Waals surface area contributed by atoms with E-state index in [0.717, 1.165) is 28.1 Å². The number of benzene rings is 4. The summed E-state index contributed by atoms with van der Waals surface area (Å²) in [6.07, 6.45) is 0. The number of aryl methyl sites for hydroxylation is 1. The summed E-state index contributed by atoms with van der Waals surface area (Å²) in [5, 5.41) is 2.06. The fraction of sp³-hybridized carbons (Fsp3) is 0.0333. The number of ether oxygens (including phenoxy) is 2. The molecule has 168 valence electrons. The molecule has 5 aromatic rings. The Bertz CT molecular complexity index is 1680. The molecule has 4 nitrogen and oxygen atoms in total. The van der Waals surface area contributed by atoms with Crippen LogP contribution in [-0.4, -0.2) is 4.98 Å². The van der Waals surface area contributed by atoms with Crippen LogP contribution in [0.1, 0.15) is 5.69 Å². The summed E-state index contributed by atoms with van der Waals surface area (Å²) in [5.41, 5.74) is 4.81. The van der Waals surface area contributed by atoms with E-state index in [1.165, 1.54) is 0 Å². The minimum atomic E-state index is -3.19. The average molecular weight is 473 g/mol. The van der Waals surface area contributed by atoms with E-state index in [9.17, 15) is 0 Å². The van der Waals surface area contributed by atoms with Crippen molar-refractivity contribution in [2.45, 2.75) is 6.92 Å². The van der Waals surface area contributed by atoms with E-state index < -0.39 is 7.14 Å². The van der Waals surface area contributed by atoms with Gasteiger partial charge >= 0.3 is 0 Å². The number of para-hydroxylation sites is 2.